The maximum Gasteiger partial charge on any atom is 0.242 e. The van der Waals surface area contributed by atoms with Crippen LogP contribution in [0.25, 0.3) is 0 Å². The van der Waals surface area contributed by atoms with E-state index in [9.17, 15) is 14.0 Å². The van der Waals surface area contributed by atoms with Gasteiger partial charge in [0.25, 0.3) is 0 Å². The van der Waals surface area contributed by atoms with Crippen molar-refractivity contribution in [2.24, 2.45) is 0 Å². The Bertz CT molecular complexity index is 553. The molecule has 1 fully saturated rings. The molecule has 2 aliphatic heterocycles. The Morgan fingerprint density at radius 3 is 2.70 bits per heavy atom. The van der Waals surface area contributed by atoms with Crippen molar-refractivity contribution in [1.29, 1.82) is 0 Å². The molecule has 0 bridgehead atoms. The maximum absolute atomic E-state index is 14.0. The number of anilines is 1. The van der Waals surface area contributed by atoms with Crippen LogP contribution in [0.3, 0.4) is 0 Å². The normalized spacial score (nSPS) is 18.4. The van der Waals surface area contributed by atoms with Crippen molar-refractivity contribution in [1.82, 2.24) is 4.90 Å². The summed E-state index contributed by atoms with van der Waals surface area (Å²) in [5, 5.41) is 0. The molecule has 2 amide bonds. The van der Waals surface area contributed by atoms with Crippen LogP contribution >= 0.6 is 0 Å². The van der Waals surface area contributed by atoms with Gasteiger partial charge in [0.05, 0.1) is 5.69 Å². The number of hydrogen-bond donors (Lipinski definition) is 0. The summed E-state index contributed by atoms with van der Waals surface area (Å²) < 4.78 is 14.0. The van der Waals surface area contributed by atoms with Gasteiger partial charge in [-0.1, -0.05) is 12.1 Å². The van der Waals surface area contributed by atoms with Crippen LogP contribution in [0.5, 0.6) is 0 Å². The molecule has 0 aliphatic carbocycles. The minimum absolute atomic E-state index is 0.0488. The fourth-order valence-corrected chi connectivity index (χ4v) is 2.93. The predicted molar refractivity (Wildman–Crippen MR) is 72.9 cm³/mol. The van der Waals surface area contributed by atoms with Gasteiger partial charge < -0.3 is 4.90 Å². The molecule has 106 valence electrons. The van der Waals surface area contributed by atoms with Crippen molar-refractivity contribution in [2.75, 3.05) is 24.5 Å². The van der Waals surface area contributed by atoms with E-state index in [2.05, 4.69) is 0 Å². The first-order chi connectivity index (χ1) is 9.66. The van der Waals surface area contributed by atoms with Gasteiger partial charge in [-0.3, -0.25) is 14.5 Å². The first kappa shape index (κ1) is 13.1. The third kappa shape index (κ3) is 2.28. The second kappa shape index (κ2) is 5.23. The molecule has 2 aliphatic rings. The van der Waals surface area contributed by atoms with E-state index in [1.54, 1.807) is 11.0 Å². The van der Waals surface area contributed by atoms with Gasteiger partial charge >= 0.3 is 0 Å². The molecule has 0 atom stereocenters. The average molecular weight is 276 g/mol. The van der Waals surface area contributed by atoms with Crippen molar-refractivity contribution < 1.29 is 14.0 Å². The molecule has 0 N–H and O–H groups in total. The molecular weight excluding hydrogens is 259 g/mol. The second-order valence-corrected chi connectivity index (χ2v) is 5.32. The van der Waals surface area contributed by atoms with E-state index >= 15 is 0 Å². The van der Waals surface area contributed by atoms with Gasteiger partial charge in [0.1, 0.15) is 12.4 Å². The maximum atomic E-state index is 14.0. The van der Waals surface area contributed by atoms with Gasteiger partial charge in [-0.25, -0.2) is 4.39 Å². The third-order valence-corrected chi connectivity index (χ3v) is 4.00. The highest BCUT2D eigenvalue weighted by Gasteiger charge is 2.30. The number of hydrogen-bond acceptors (Lipinski definition) is 2. The minimum atomic E-state index is -0.426. The van der Waals surface area contributed by atoms with E-state index in [1.165, 1.54) is 11.0 Å². The minimum Gasteiger partial charge on any atom is -0.341 e. The molecule has 20 heavy (non-hydrogen) atoms. The van der Waals surface area contributed by atoms with Crippen LogP contribution in [0.2, 0.25) is 0 Å². The Hall–Kier alpha value is -1.91. The number of para-hydroxylation sites is 1. The Kier molecular flexibility index (Phi) is 3.42. The number of nitrogens with zero attached hydrogens (tertiary/aromatic N) is 2. The van der Waals surface area contributed by atoms with Crippen molar-refractivity contribution >= 4 is 17.5 Å². The number of halogens is 1. The monoisotopic (exact) mass is 276 g/mol. The number of carbonyl (C=O) groups excluding carboxylic acids is 2. The van der Waals surface area contributed by atoms with E-state index in [-0.39, 0.29) is 24.0 Å². The van der Waals surface area contributed by atoms with E-state index in [0.29, 0.717) is 12.8 Å². The zero-order valence-electron chi connectivity index (χ0n) is 11.3. The van der Waals surface area contributed by atoms with Gasteiger partial charge in [0.2, 0.25) is 11.8 Å². The topological polar surface area (TPSA) is 40.6 Å². The lowest BCUT2D eigenvalue weighted by Gasteiger charge is -2.30. The number of fused-ring (bicyclic) bond motifs is 1. The predicted octanol–water partition coefficient (Wildman–Crippen LogP) is 1.73. The molecule has 0 aromatic heterocycles. The zero-order chi connectivity index (χ0) is 14.1. The second-order valence-electron chi connectivity index (χ2n) is 5.32. The summed E-state index contributed by atoms with van der Waals surface area (Å²) in [5.41, 5.74) is 1.09. The van der Waals surface area contributed by atoms with Gasteiger partial charge in [-0.2, -0.15) is 0 Å². The molecular formula is C15H17FN2O2. The molecule has 0 unspecified atom stereocenters. The highest BCUT2D eigenvalue weighted by molar-refractivity contribution is 6.01. The molecule has 4 nitrogen and oxygen atoms in total. The summed E-state index contributed by atoms with van der Waals surface area (Å²) in [5.74, 6) is -0.688. The number of amides is 2. The molecule has 0 spiro atoms. The highest BCUT2D eigenvalue weighted by Crippen LogP contribution is 2.30. The largest absolute Gasteiger partial charge is 0.341 e. The number of rotatable bonds is 2. The smallest absolute Gasteiger partial charge is 0.242 e. The molecule has 5 heteroatoms. The van der Waals surface area contributed by atoms with Gasteiger partial charge in [-0.05, 0) is 30.9 Å². The van der Waals surface area contributed by atoms with Crippen LogP contribution in [-0.4, -0.2) is 36.3 Å². The van der Waals surface area contributed by atoms with Crippen LogP contribution in [-0.2, 0) is 16.0 Å². The van der Waals surface area contributed by atoms with Gasteiger partial charge in [0, 0.05) is 19.5 Å². The van der Waals surface area contributed by atoms with Crippen molar-refractivity contribution in [3.63, 3.8) is 0 Å². The van der Waals surface area contributed by atoms with E-state index in [4.69, 9.17) is 0 Å². The molecule has 1 aromatic rings. The number of carbonyl (C=O) groups is 2. The van der Waals surface area contributed by atoms with Crippen molar-refractivity contribution in [2.45, 2.75) is 25.7 Å². The molecule has 0 radical (unpaired) electrons. The first-order valence-electron chi connectivity index (χ1n) is 7.02. The van der Waals surface area contributed by atoms with Crippen molar-refractivity contribution in [3.8, 4) is 0 Å². The lowest BCUT2D eigenvalue weighted by Crippen LogP contribution is -2.44. The quantitative estimate of drug-likeness (QED) is 0.825. The Morgan fingerprint density at radius 1 is 1.20 bits per heavy atom. The standard InChI is InChI=1S/C15H17FN2O2/c16-12-5-3-4-11-6-7-13(19)18(15(11)12)10-14(20)17-8-1-2-9-17/h3-5H,1-2,6-10H2. The van der Waals surface area contributed by atoms with E-state index < -0.39 is 5.82 Å². The molecule has 3 rings (SSSR count). The summed E-state index contributed by atoms with van der Waals surface area (Å²) in [6, 6.07) is 4.80. The molecule has 1 aromatic carbocycles. The Morgan fingerprint density at radius 2 is 1.95 bits per heavy atom. The zero-order valence-corrected chi connectivity index (χ0v) is 11.3. The summed E-state index contributed by atoms with van der Waals surface area (Å²) in [7, 11) is 0. The Balaban J connectivity index is 1.85. The summed E-state index contributed by atoms with van der Waals surface area (Å²) in [4.78, 5) is 27.3. The summed E-state index contributed by atoms with van der Waals surface area (Å²) in [6.07, 6.45) is 2.89. The Labute approximate surface area is 117 Å². The van der Waals surface area contributed by atoms with Crippen LogP contribution in [0.15, 0.2) is 18.2 Å². The summed E-state index contributed by atoms with van der Waals surface area (Å²) >= 11 is 0. The lowest BCUT2D eigenvalue weighted by atomic mass is 10.0. The highest BCUT2D eigenvalue weighted by atomic mass is 19.1. The fourth-order valence-electron chi connectivity index (χ4n) is 2.93. The summed E-state index contributed by atoms with van der Waals surface area (Å²) in [6.45, 7) is 1.43. The fraction of sp³-hybridized carbons (Fsp3) is 0.467. The number of benzene rings is 1. The van der Waals surface area contributed by atoms with E-state index in [1.807, 2.05) is 6.07 Å². The van der Waals surface area contributed by atoms with Gasteiger partial charge in [0.15, 0.2) is 0 Å². The molecule has 1 saturated heterocycles. The van der Waals surface area contributed by atoms with Crippen LogP contribution < -0.4 is 4.90 Å². The van der Waals surface area contributed by atoms with Crippen LogP contribution in [0, 0.1) is 5.82 Å². The van der Waals surface area contributed by atoms with Gasteiger partial charge in [-0.15, -0.1) is 0 Å². The van der Waals surface area contributed by atoms with Crippen LogP contribution in [0.4, 0.5) is 10.1 Å². The van der Waals surface area contributed by atoms with Crippen LogP contribution in [0.1, 0.15) is 24.8 Å². The average Bonchev–Trinajstić information content (AvgIpc) is 2.96. The van der Waals surface area contributed by atoms with Crippen molar-refractivity contribution in [3.05, 3.63) is 29.6 Å². The first-order valence-corrected chi connectivity index (χ1v) is 7.02. The molecule has 0 saturated carbocycles. The van der Waals surface area contributed by atoms with E-state index in [0.717, 1.165) is 31.5 Å². The SMILES string of the molecule is O=C(CN1C(=O)CCc2cccc(F)c21)N1CCCC1. The molecule has 2 heterocycles. The number of aryl methyl sites for hydroxylation is 1. The third-order valence-electron chi connectivity index (χ3n) is 4.00. The number of likely N-dealkylation sites (tertiary alicyclic amines) is 1. The lowest BCUT2D eigenvalue weighted by molar-refractivity contribution is -0.130.